The average Bonchev–Trinajstić information content (AvgIpc) is 3.10. The highest BCUT2D eigenvalue weighted by molar-refractivity contribution is 7.18. The Hall–Kier alpha value is -2.77. The van der Waals surface area contributed by atoms with E-state index >= 15 is 0 Å². The molecular formula is C22H27N4O2S+. The van der Waals surface area contributed by atoms with Crippen LogP contribution in [0, 0.1) is 6.92 Å². The fourth-order valence-electron chi connectivity index (χ4n) is 3.06. The van der Waals surface area contributed by atoms with Gasteiger partial charge in [-0.25, -0.2) is 4.98 Å². The van der Waals surface area contributed by atoms with Crippen molar-refractivity contribution in [3.8, 4) is 0 Å². The molecule has 0 saturated heterocycles. The number of anilines is 1. The van der Waals surface area contributed by atoms with Crippen LogP contribution in [0.1, 0.15) is 17.5 Å². The maximum absolute atomic E-state index is 12.8. The highest BCUT2D eigenvalue weighted by Gasteiger charge is 2.27. The average molecular weight is 412 g/mol. The molecule has 0 aliphatic heterocycles. The number of nitrogens with zero attached hydrogens (tertiary/aromatic N) is 2. The lowest BCUT2D eigenvalue weighted by atomic mass is 10.2. The molecule has 0 bridgehead atoms. The Morgan fingerprint density at radius 3 is 2.55 bits per heavy atom. The fraction of sp³-hybridized carbons (Fsp3) is 0.318. The van der Waals surface area contributed by atoms with Crippen LogP contribution in [0.5, 0.6) is 0 Å². The van der Waals surface area contributed by atoms with Gasteiger partial charge < -0.3 is 15.1 Å². The summed E-state index contributed by atoms with van der Waals surface area (Å²) < 4.78 is 1.15. The first kappa shape index (κ1) is 21.0. The van der Waals surface area contributed by atoms with Crippen molar-refractivity contribution in [2.75, 3.05) is 26.0 Å². The zero-order valence-corrected chi connectivity index (χ0v) is 18.0. The van der Waals surface area contributed by atoms with E-state index in [9.17, 15) is 9.59 Å². The maximum atomic E-state index is 12.8. The Morgan fingerprint density at radius 1 is 1.17 bits per heavy atom. The van der Waals surface area contributed by atoms with Crippen molar-refractivity contribution < 1.29 is 14.5 Å². The van der Waals surface area contributed by atoms with Gasteiger partial charge in [-0.2, -0.15) is 0 Å². The SMILES string of the molecule is Cc1ccc(NC(=O)CN(C)C(=O)[C@H](C)[NH+](C)Cc2nc3ccccc3s2)cc1. The van der Waals surface area contributed by atoms with Gasteiger partial charge in [-0.05, 0) is 38.1 Å². The Morgan fingerprint density at radius 2 is 1.86 bits per heavy atom. The molecule has 3 rings (SSSR count). The number of hydrogen-bond donors (Lipinski definition) is 2. The standard InChI is InChI=1S/C22H26N4O2S/c1-15-9-11-17(12-10-15)23-20(27)13-26(4)22(28)16(2)25(3)14-21-24-18-7-5-6-8-19(18)29-21/h5-12,16H,13-14H2,1-4H3,(H,23,27)/p+1/t16-/m0/s1. The lowest BCUT2D eigenvalue weighted by Crippen LogP contribution is -3.12. The molecule has 1 unspecified atom stereocenters. The van der Waals surface area contributed by atoms with E-state index in [1.165, 1.54) is 4.90 Å². The van der Waals surface area contributed by atoms with Crippen LogP contribution >= 0.6 is 11.3 Å². The number of para-hydroxylation sites is 1. The van der Waals surface area contributed by atoms with Crippen molar-refractivity contribution >= 4 is 39.1 Å². The number of likely N-dealkylation sites (N-methyl/N-ethyl adjacent to an activating group) is 2. The van der Waals surface area contributed by atoms with Gasteiger partial charge in [-0.3, -0.25) is 9.59 Å². The molecule has 7 heteroatoms. The Balaban J connectivity index is 1.54. The minimum Gasteiger partial charge on any atom is -0.331 e. The van der Waals surface area contributed by atoms with Crippen molar-refractivity contribution in [3.05, 3.63) is 59.1 Å². The summed E-state index contributed by atoms with van der Waals surface area (Å²) in [7, 11) is 3.65. The third-order valence-corrected chi connectivity index (χ3v) is 6.01. The summed E-state index contributed by atoms with van der Waals surface area (Å²) in [4.78, 5) is 32.2. The van der Waals surface area contributed by atoms with Crippen LogP contribution < -0.4 is 10.2 Å². The number of quaternary nitrogens is 1. The highest BCUT2D eigenvalue weighted by Crippen LogP contribution is 2.20. The highest BCUT2D eigenvalue weighted by atomic mass is 32.1. The third kappa shape index (κ3) is 5.40. The zero-order valence-electron chi connectivity index (χ0n) is 17.2. The number of fused-ring (bicyclic) bond motifs is 1. The molecule has 2 amide bonds. The van der Waals surface area contributed by atoms with Crippen LogP contribution in [0.4, 0.5) is 5.69 Å². The van der Waals surface area contributed by atoms with Crippen molar-refractivity contribution in [1.29, 1.82) is 0 Å². The molecule has 0 spiro atoms. The number of aryl methyl sites for hydroxylation is 1. The van der Waals surface area contributed by atoms with Gasteiger partial charge in [0.2, 0.25) is 5.91 Å². The smallest absolute Gasteiger partial charge is 0.280 e. The lowest BCUT2D eigenvalue weighted by Gasteiger charge is -2.25. The van der Waals surface area contributed by atoms with E-state index < -0.39 is 0 Å². The topological polar surface area (TPSA) is 66.7 Å². The second kappa shape index (κ2) is 9.15. The van der Waals surface area contributed by atoms with Gasteiger partial charge in [0.1, 0.15) is 11.6 Å². The number of benzene rings is 2. The quantitative estimate of drug-likeness (QED) is 0.626. The van der Waals surface area contributed by atoms with Gasteiger partial charge in [-0.15, -0.1) is 11.3 Å². The molecule has 2 atom stereocenters. The van der Waals surface area contributed by atoms with E-state index in [1.54, 1.807) is 18.4 Å². The molecule has 0 fully saturated rings. The number of thiazole rings is 1. The number of aromatic nitrogens is 1. The molecule has 0 aliphatic carbocycles. The Labute approximate surface area is 175 Å². The summed E-state index contributed by atoms with van der Waals surface area (Å²) >= 11 is 1.66. The lowest BCUT2D eigenvalue weighted by molar-refractivity contribution is -0.908. The second-order valence-electron chi connectivity index (χ2n) is 7.43. The number of amides is 2. The van der Waals surface area contributed by atoms with E-state index in [4.69, 9.17) is 0 Å². The number of hydrogen-bond acceptors (Lipinski definition) is 4. The summed E-state index contributed by atoms with van der Waals surface area (Å²) in [6.45, 7) is 4.56. The first-order valence-electron chi connectivity index (χ1n) is 9.61. The minimum absolute atomic E-state index is 0.0193. The van der Waals surface area contributed by atoms with Crippen LogP contribution in [0.25, 0.3) is 10.2 Å². The van der Waals surface area contributed by atoms with Gasteiger partial charge in [0.05, 0.1) is 23.8 Å². The van der Waals surface area contributed by atoms with E-state index in [1.807, 2.05) is 63.4 Å². The number of rotatable bonds is 7. The van der Waals surface area contributed by atoms with Gasteiger partial charge >= 0.3 is 0 Å². The summed E-state index contributed by atoms with van der Waals surface area (Å²) in [5, 5.41) is 3.83. The normalized spacial score (nSPS) is 13.1. The molecule has 1 heterocycles. The first-order valence-corrected chi connectivity index (χ1v) is 10.4. The van der Waals surface area contributed by atoms with E-state index in [0.29, 0.717) is 6.54 Å². The van der Waals surface area contributed by atoms with Crippen LogP contribution in [0.3, 0.4) is 0 Å². The van der Waals surface area contributed by atoms with Crippen LogP contribution in [0.15, 0.2) is 48.5 Å². The molecule has 1 aromatic heterocycles. The first-order chi connectivity index (χ1) is 13.8. The van der Waals surface area contributed by atoms with Gasteiger partial charge in [-0.1, -0.05) is 29.8 Å². The molecular weight excluding hydrogens is 384 g/mol. The predicted molar refractivity (Wildman–Crippen MR) is 117 cm³/mol. The molecule has 0 saturated carbocycles. The molecule has 0 aliphatic rings. The number of carbonyl (C=O) groups excluding carboxylic acids is 2. The van der Waals surface area contributed by atoms with Crippen LogP contribution in [-0.2, 0) is 16.1 Å². The molecule has 2 N–H and O–H groups in total. The number of nitrogens with one attached hydrogen (secondary N) is 2. The maximum Gasteiger partial charge on any atom is 0.280 e. The Kier molecular flexibility index (Phi) is 6.61. The molecule has 3 aromatic rings. The number of carbonyl (C=O) groups is 2. The van der Waals surface area contributed by atoms with Crippen molar-refractivity contribution in [1.82, 2.24) is 9.88 Å². The van der Waals surface area contributed by atoms with Crippen LogP contribution in [-0.4, -0.2) is 48.4 Å². The van der Waals surface area contributed by atoms with Crippen LogP contribution in [0.2, 0.25) is 0 Å². The zero-order chi connectivity index (χ0) is 21.0. The second-order valence-corrected chi connectivity index (χ2v) is 8.54. The van der Waals surface area contributed by atoms with Gasteiger partial charge in [0.25, 0.3) is 5.91 Å². The van der Waals surface area contributed by atoms with E-state index in [0.717, 1.165) is 31.4 Å². The minimum atomic E-state index is -0.279. The summed E-state index contributed by atoms with van der Waals surface area (Å²) in [5.74, 6) is -0.275. The summed E-state index contributed by atoms with van der Waals surface area (Å²) in [6.07, 6.45) is 0. The van der Waals surface area contributed by atoms with Gasteiger partial charge in [0.15, 0.2) is 6.04 Å². The molecule has 0 radical (unpaired) electrons. The summed E-state index contributed by atoms with van der Waals surface area (Å²) in [6, 6.07) is 15.3. The summed E-state index contributed by atoms with van der Waals surface area (Å²) in [5.41, 5.74) is 2.85. The van der Waals surface area contributed by atoms with Crippen molar-refractivity contribution in [2.45, 2.75) is 26.4 Å². The van der Waals surface area contributed by atoms with E-state index in [2.05, 4.69) is 16.4 Å². The third-order valence-electron chi connectivity index (χ3n) is 4.97. The monoisotopic (exact) mass is 411 g/mol. The molecule has 6 nitrogen and oxygen atoms in total. The fourth-order valence-corrected chi connectivity index (χ4v) is 4.12. The van der Waals surface area contributed by atoms with Crippen molar-refractivity contribution in [2.24, 2.45) is 0 Å². The predicted octanol–water partition coefficient (Wildman–Crippen LogP) is 2.11. The Bertz CT molecular complexity index is 966. The largest absolute Gasteiger partial charge is 0.331 e. The van der Waals surface area contributed by atoms with Crippen molar-refractivity contribution in [3.63, 3.8) is 0 Å². The van der Waals surface area contributed by atoms with E-state index in [-0.39, 0.29) is 24.4 Å². The molecule has 2 aromatic carbocycles. The molecule has 152 valence electrons. The molecule has 29 heavy (non-hydrogen) atoms. The van der Waals surface area contributed by atoms with Gasteiger partial charge in [0, 0.05) is 12.7 Å².